The number of carbonyl (C=O) groups is 2. The van der Waals surface area contributed by atoms with E-state index < -0.39 is 0 Å². The first-order valence-electron chi connectivity index (χ1n) is 7.17. The molecule has 102 valence electrons. The number of Topliss-reactive ketones (excluding diaryl/α,β-unsaturated/α-hetero) is 2. The van der Waals surface area contributed by atoms with E-state index in [2.05, 4.69) is 4.98 Å². The fourth-order valence-corrected chi connectivity index (χ4v) is 2.71. The summed E-state index contributed by atoms with van der Waals surface area (Å²) in [4.78, 5) is 27.2. The molecule has 0 bridgehead atoms. The number of rotatable bonds is 5. The zero-order valence-corrected chi connectivity index (χ0v) is 11.5. The van der Waals surface area contributed by atoms with Gasteiger partial charge in [0, 0.05) is 18.2 Å². The minimum atomic E-state index is -0.0197. The van der Waals surface area contributed by atoms with Gasteiger partial charge in [-0.05, 0) is 31.4 Å². The molecule has 1 aliphatic rings. The third-order valence-corrected chi connectivity index (χ3v) is 3.96. The number of carbonyl (C=O) groups excluding carboxylic acids is 2. The lowest BCUT2D eigenvalue weighted by molar-refractivity contribution is 0.0962. The molecule has 1 saturated carbocycles. The van der Waals surface area contributed by atoms with Crippen molar-refractivity contribution < 1.29 is 9.59 Å². The van der Waals surface area contributed by atoms with Crippen molar-refractivity contribution in [2.75, 3.05) is 0 Å². The summed E-state index contributed by atoms with van der Waals surface area (Å²) in [5, 5.41) is 0. The van der Waals surface area contributed by atoms with E-state index in [1.165, 1.54) is 45.2 Å². The summed E-state index contributed by atoms with van der Waals surface area (Å²) >= 11 is 0. The van der Waals surface area contributed by atoms with E-state index in [9.17, 15) is 9.59 Å². The first kappa shape index (κ1) is 13.9. The molecule has 0 amide bonds. The van der Waals surface area contributed by atoms with Gasteiger partial charge in [-0.1, -0.05) is 32.1 Å². The maximum atomic E-state index is 12.0. The van der Waals surface area contributed by atoms with Gasteiger partial charge in [0.2, 0.25) is 0 Å². The summed E-state index contributed by atoms with van der Waals surface area (Å²) in [6.07, 6.45) is 9.56. The molecular weight excluding hydrogens is 238 g/mol. The molecule has 0 aromatic carbocycles. The van der Waals surface area contributed by atoms with Crippen molar-refractivity contribution in [2.45, 2.75) is 51.9 Å². The van der Waals surface area contributed by atoms with Gasteiger partial charge >= 0.3 is 0 Å². The molecule has 19 heavy (non-hydrogen) atoms. The quantitative estimate of drug-likeness (QED) is 0.755. The largest absolute Gasteiger partial charge is 0.294 e. The highest BCUT2D eigenvalue weighted by atomic mass is 16.1. The van der Waals surface area contributed by atoms with Crippen LogP contribution in [0.4, 0.5) is 0 Å². The highest BCUT2D eigenvalue weighted by Gasteiger charge is 2.16. The van der Waals surface area contributed by atoms with Crippen molar-refractivity contribution in [1.82, 2.24) is 4.98 Å². The fourth-order valence-electron chi connectivity index (χ4n) is 2.71. The zero-order chi connectivity index (χ0) is 13.7. The van der Waals surface area contributed by atoms with E-state index in [0.717, 1.165) is 6.42 Å². The van der Waals surface area contributed by atoms with Crippen molar-refractivity contribution in [1.29, 1.82) is 0 Å². The van der Waals surface area contributed by atoms with Crippen molar-refractivity contribution >= 4 is 11.6 Å². The molecular formula is C16H21NO2. The van der Waals surface area contributed by atoms with Gasteiger partial charge in [-0.25, -0.2) is 0 Å². The van der Waals surface area contributed by atoms with Gasteiger partial charge in [-0.15, -0.1) is 0 Å². The van der Waals surface area contributed by atoms with Crippen LogP contribution in [0.5, 0.6) is 0 Å². The average Bonchev–Trinajstić information content (AvgIpc) is 2.46. The molecule has 3 heteroatoms. The first-order valence-corrected chi connectivity index (χ1v) is 7.17. The molecule has 1 aromatic heterocycles. The van der Waals surface area contributed by atoms with Gasteiger partial charge in [0.25, 0.3) is 0 Å². The van der Waals surface area contributed by atoms with Crippen LogP contribution in [0.3, 0.4) is 0 Å². The van der Waals surface area contributed by atoms with Crippen molar-refractivity contribution in [3.05, 3.63) is 29.6 Å². The highest BCUT2D eigenvalue weighted by molar-refractivity contribution is 5.96. The number of pyridine rings is 1. The van der Waals surface area contributed by atoms with Gasteiger partial charge < -0.3 is 0 Å². The van der Waals surface area contributed by atoms with Crippen molar-refractivity contribution in [3.63, 3.8) is 0 Å². The Hall–Kier alpha value is -1.51. The molecule has 0 saturated heterocycles. The Morgan fingerprint density at radius 2 is 1.95 bits per heavy atom. The van der Waals surface area contributed by atoms with Crippen molar-refractivity contribution in [2.24, 2.45) is 5.92 Å². The van der Waals surface area contributed by atoms with Crippen LogP contribution in [-0.4, -0.2) is 16.6 Å². The number of hydrogen-bond donors (Lipinski definition) is 0. The standard InChI is InChI=1S/C16H21NO2/c1-12(18)14-8-9-15(17-11-14)16(19)10-7-13-5-3-2-4-6-13/h8-9,11,13H,2-7,10H2,1H3. The second-order valence-electron chi connectivity index (χ2n) is 5.45. The predicted molar refractivity (Wildman–Crippen MR) is 74.4 cm³/mol. The predicted octanol–water partition coefficient (Wildman–Crippen LogP) is 3.83. The van der Waals surface area contributed by atoms with E-state index >= 15 is 0 Å². The molecule has 0 aliphatic heterocycles. The third-order valence-electron chi connectivity index (χ3n) is 3.96. The van der Waals surface area contributed by atoms with Crippen LogP contribution in [0.1, 0.15) is 72.7 Å². The maximum absolute atomic E-state index is 12.0. The van der Waals surface area contributed by atoms with Gasteiger partial charge in [0.1, 0.15) is 5.69 Å². The van der Waals surface area contributed by atoms with Gasteiger partial charge in [-0.3, -0.25) is 14.6 Å². The minimum absolute atomic E-state index is 0.0197. The Morgan fingerprint density at radius 3 is 2.53 bits per heavy atom. The summed E-state index contributed by atoms with van der Waals surface area (Å²) in [5.74, 6) is 0.795. The second kappa shape index (κ2) is 6.60. The fraction of sp³-hybridized carbons (Fsp3) is 0.562. The van der Waals surface area contributed by atoms with Crippen LogP contribution < -0.4 is 0 Å². The normalized spacial score (nSPS) is 16.3. The van der Waals surface area contributed by atoms with E-state index in [0.29, 0.717) is 23.6 Å². The van der Waals surface area contributed by atoms with Crippen LogP contribution in [-0.2, 0) is 0 Å². The summed E-state index contributed by atoms with van der Waals surface area (Å²) in [6.45, 7) is 1.50. The highest BCUT2D eigenvalue weighted by Crippen LogP contribution is 2.27. The lowest BCUT2D eigenvalue weighted by Gasteiger charge is -2.20. The zero-order valence-electron chi connectivity index (χ0n) is 11.5. The molecule has 0 atom stereocenters. The molecule has 0 unspecified atom stereocenters. The molecule has 0 spiro atoms. The minimum Gasteiger partial charge on any atom is -0.294 e. The smallest absolute Gasteiger partial charge is 0.181 e. The summed E-state index contributed by atoms with van der Waals surface area (Å²) in [5.41, 5.74) is 1.05. The van der Waals surface area contributed by atoms with Crippen LogP contribution in [0.25, 0.3) is 0 Å². The monoisotopic (exact) mass is 259 g/mol. The Morgan fingerprint density at radius 1 is 1.21 bits per heavy atom. The Kier molecular flexibility index (Phi) is 4.83. The second-order valence-corrected chi connectivity index (χ2v) is 5.45. The van der Waals surface area contributed by atoms with E-state index in [4.69, 9.17) is 0 Å². The maximum Gasteiger partial charge on any atom is 0.181 e. The molecule has 2 rings (SSSR count). The van der Waals surface area contributed by atoms with Crippen LogP contribution >= 0.6 is 0 Å². The van der Waals surface area contributed by atoms with Gasteiger partial charge in [0.05, 0.1) is 0 Å². The molecule has 1 aliphatic carbocycles. The average molecular weight is 259 g/mol. The topological polar surface area (TPSA) is 47.0 Å². The van der Waals surface area contributed by atoms with Crippen LogP contribution in [0, 0.1) is 5.92 Å². The van der Waals surface area contributed by atoms with E-state index in [-0.39, 0.29) is 11.6 Å². The van der Waals surface area contributed by atoms with Gasteiger partial charge in [-0.2, -0.15) is 0 Å². The summed E-state index contributed by atoms with van der Waals surface area (Å²) < 4.78 is 0. The first-order chi connectivity index (χ1) is 9.16. The molecule has 1 aromatic rings. The lowest BCUT2D eigenvalue weighted by Crippen LogP contribution is -2.10. The number of nitrogens with zero attached hydrogens (tertiary/aromatic N) is 1. The Labute approximate surface area is 114 Å². The summed E-state index contributed by atoms with van der Waals surface area (Å²) in [7, 11) is 0. The van der Waals surface area contributed by atoms with Crippen LogP contribution in [0.15, 0.2) is 18.3 Å². The van der Waals surface area contributed by atoms with Crippen LogP contribution in [0.2, 0.25) is 0 Å². The molecule has 0 radical (unpaired) electrons. The molecule has 1 heterocycles. The van der Waals surface area contributed by atoms with Crippen molar-refractivity contribution in [3.8, 4) is 0 Å². The summed E-state index contributed by atoms with van der Waals surface area (Å²) in [6, 6.07) is 3.35. The molecule has 1 fully saturated rings. The van der Waals surface area contributed by atoms with E-state index in [1.54, 1.807) is 12.1 Å². The van der Waals surface area contributed by atoms with Gasteiger partial charge in [0.15, 0.2) is 11.6 Å². The SMILES string of the molecule is CC(=O)c1ccc(C(=O)CCC2CCCCC2)nc1. The Balaban J connectivity index is 1.86. The number of ketones is 2. The number of aromatic nitrogens is 1. The molecule has 3 nitrogen and oxygen atoms in total. The number of hydrogen-bond acceptors (Lipinski definition) is 3. The third kappa shape index (κ3) is 3.98. The Bertz CT molecular complexity index is 444. The molecule has 0 N–H and O–H groups in total. The van der Waals surface area contributed by atoms with E-state index in [1.807, 2.05) is 0 Å². The lowest BCUT2D eigenvalue weighted by atomic mass is 9.85.